The maximum Gasteiger partial charge on any atom is 0.302 e. The largest absolute Gasteiger partial charge is 0.466 e. The summed E-state index contributed by atoms with van der Waals surface area (Å²) >= 11 is 0. The number of carbonyl (C=O) groups excluding carboxylic acids is 1. The molecule has 1 saturated heterocycles. The van der Waals surface area contributed by atoms with Gasteiger partial charge in [-0.3, -0.25) is 4.79 Å². The lowest BCUT2D eigenvalue weighted by Gasteiger charge is -2.46. The fraction of sp³-hybridized carbons (Fsp3) is 0.947. The molecule has 0 aromatic rings. The third kappa shape index (κ3) is 3.32. The number of esters is 1. The Bertz CT molecular complexity index is 508. The zero-order valence-corrected chi connectivity index (χ0v) is 18.0. The van der Waals surface area contributed by atoms with Crippen molar-refractivity contribution in [1.82, 2.24) is 0 Å². The van der Waals surface area contributed by atoms with E-state index in [0.29, 0.717) is 6.61 Å². The van der Waals surface area contributed by atoms with Crippen LogP contribution in [0.5, 0.6) is 0 Å². The van der Waals surface area contributed by atoms with Crippen molar-refractivity contribution in [2.24, 2.45) is 5.41 Å². The van der Waals surface area contributed by atoms with Crippen molar-refractivity contribution in [3.8, 4) is 0 Å². The molecule has 2 aliphatic rings. The molecule has 0 bridgehead atoms. The molecule has 1 aliphatic carbocycles. The van der Waals surface area contributed by atoms with Crippen LogP contribution in [0.25, 0.3) is 0 Å². The standard InChI is InChI=1S/C19H36O4Si/c1-14(20)21-11-10-19-17(5,6)12-15(13-18(19,7)23-19)22-24(8,9)16(2,3)4/h15H,10-13H2,1-9H3/t15-,18+,19-/m0/s1. The maximum atomic E-state index is 11.1. The maximum absolute atomic E-state index is 11.1. The Balaban J connectivity index is 2.09. The van der Waals surface area contributed by atoms with Gasteiger partial charge < -0.3 is 13.9 Å². The quantitative estimate of drug-likeness (QED) is 0.408. The minimum absolute atomic E-state index is 0.00712. The van der Waals surface area contributed by atoms with Gasteiger partial charge in [-0.1, -0.05) is 34.6 Å². The van der Waals surface area contributed by atoms with Crippen molar-refractivity contribution in [1.29, 1.82) is 0 Å². The summed E-state index contributed by atoms with van der Waals surface area (Å²) in [6.45, 7) is 20.1. The molecular formula is C19H36O4Si. The number of fused-ring (bicyclic) bond motifs is 1. The molecule has 5 heteroatoms. The van der Waals surface area contributed by atoms with Gasteiger partial charge in [-0.25, -0.2) is 0 Å². The van der Waals surface area contributed by atoms with Crippen molar-refractivity contribution in [3.05, 3.63) is 0 Å². The van der Waals surface area contributed by atoms with E-state index in [4.69, 9.17) is 13.9 Å². The van der Waals surface area contributed by atoms with Crippen LogP contribution in [0.3, 0.4) is 0 Å². The van der Waals surface area contributed by atoms with Gasteiger partial charge in [-0.15, -0.1) is 0 Å². The molecule has 2 fully saturated rings. The van der Waals surface area contributed by atoms with Crippen molar-refractivity contribution >= 4 is 14.3 Å². The summed E-state index contributed by atoms with van der Waals surface area (Å²) < 4.78 is 18.2. The molecule has 2 rings (SSSR count). The molecule has 0 aromatic carbocycles. The summed E-state index contributed by atoms with van der Waals surface area (Å²) in [7, 11) is -1.79. The van der Waals surface area contributed by atoms with Crippen LogP contribution < -0.4 is 0 Å². The summed E-state index contributed by atoms with van der Waals surface area (Å²) in [6.07, 6.45) is 2.94. The Labute approximate surface area is 148 Å². The second-order valence-corrected chi connectivity index (χ2v) is 14.8. The third-order valence-corrected chi connectivity index (χ3v) is 11.2. The van der Waals surface area contributed by atoms with E-state index in [1.54, 1.807) is 0 Å². The summed E-state index contributed by atoms with van der Waals surface area (Å²) in [5.74, 6) is -0.221. The lowest BCUT2D eigenvalue weighted by Crippen LogP contribution is -2.52. The number of hydrogen-bond acceptors (Lipinski definition) is 4. The molecule has 0 radical (unpaired) electrons. The van der Waals surface area contributed by atoms with Crippen molar-refractivity contribution < 1.29 is 18.7 Å². The van der Waals surface area contributed by atoms with Crippen LogP contribution in [0.4, 0.5) is 0 Å². The fourth-order valence-corrected chi connectivity index (χ4v) is 5.68. The second kappa shape index (κ2) is 5.81. The molecular weight excluding hydrogens is 320 g/mol. The van der Waals surface area contributed by atoms with E-state index in [1.165, 1.54) is 6.92 Å². The molecule has 3 atom stereocenters. The van der Waals surface area contributed by atoms with Gasteiger partial charge in [0.05, 0.1) is 12.2 Å². The van der Waals surface area contributed by atoms with Crippen LogP contribution >= 0.6 is 0 Å². The zero-order valence-electron chi connectivity index (χ0n) is 17.0. The Morgan fingerprint density at radius 2 is 1.79 bits per heavy atom. The highest BCUT2D eigenvalue weighted by Crippen LogP contribution is 2.67. The Hall–Kier alpha value is -0.393. The smallest absolute Gasteiger partial charge is 0.302 e. The van der Waals surface area contributed by atoms with Crippen LogP contribution in [0.2, 0.25) is 18.1 Å². The SMILES string of the molecule is CC(=O)OCC[C@@]12O[C@]1(C)C[C@@H](O[Si](C)(C)C(C)(C)C)CC2(C)C. The molecule has 0 N–H and O–H groups in total. The number of rotatable bonds is 5. The van der Waals surface area contributed by atoms with Crippen molar-refractivity contribution in [2.45, 2.75) is 103 Å². The average molecular weight is 357 g/mol. The van der Waals surface area contributed by atoms with E-state index in [0.717, 1.165) is 19.3 Å². The summed E-state index contributed by atoms with van der Waals surface area (Å²) in [4.78, 5) is 11.1. The Morgan fingerprint density at radius 3 is 2.25 bits per heavy atom. The summed E-state index contributed by atoms with van der Waals surface area (Å²) in [6, 6.07) is 0. The Kier molecular flexibility index (Phi) is 4.83. The minimum Gasteiger partial charge on any atom is -0.466 e. The summed E-state index contributed by atoms with van der Waals surface area (Å²) in [5, 5.41) is 0.215. The van der Waals surface area contributed by atoms with Gasteiger partial charge in [0.1, 0.15) is 5.60 Å². The first-order chi connectivity index (χ1) is 10.7. The molecule has 140 valence electrons. The lowest BCUT2D eigenvalue weighted by molar-refractivity contribution is -0.141. The van der Waals surface area contributed by atoms with E-state index in [9.17, 15) is 4.79 Å². The monoisotopic (exact) mass is 356 g/mol. The normalized spacial score (nSPS) is 35.3. The topological polar surface area (TPSA) is 48.1 Å². The molecule has 1 saturated carbocycles. The van der Waals surface area contributed by atoms with Gasteiger partial charge in [-0.2, -0.15) is 0 Å². The molecule has 0 aromatic heterocycles. The predicted molar refractivity (Wildman–Crippen MR) is 98.6 cm³/mol. The second-order valence-electron chi connectivity index (χ2n) is 10.0. The molecule has 1 aliphatic heterocycles. The molecule has 1 heterocycles. The summed E-state index contributed by atoms with van der Waals surface area (Å²) in [5.41, 5.74) is -0.349. The molecule has 0 spiro atoms. The van der Waals surface area contributed by atoms with Gasteiger partial charge in [0.2, 0.25) is 0 Å². The number of carbonyl (C=O) groups is 1. The third-order valence-electron chi connectivity index (χ3n) is 6.69. The van der Waals surface area contributed by atoms with E-state index in [2.05, 4.69) is 54.6 Å². The lowest BCUT2D eigenvalue weighted by atomic mass is 9.62. The van der Waals surface area contributed by atoms with E-state index < -0.39 is 8.32 Å². The average Bonchev–Trinajstić information content (AvgIpc) is 2.92. The molecule has 4 nitrogen and oxygen atoms in total. The highest BCUT2D eigenvalue weighted by Gasteiger charge is 2.75. The predicted octanol–water partition coefficient (Wildman–Crippen LogP) is 4.68. The van der Waals surface area contributed by atoms with Gasteiger partial charge >= 0.3 is 5.97 Å². The zero-order chi connectivity index (χ0) is 18.6. The van der Waals surface area contributed by atoms with Crippen LogP contribution in [0, 0.1) is 5.41 Å². The molecule has 0 amide bonds. The van der Waals surface area contributed by atoms with Gasteiger partial charge in [0, 0.05) is 25.9 Å². The van der Waals surface area contributed by atoms with Crippen LogP contribution in [0.1, 0.15) is 67.7 Å². The highest BCUT2D eigenvalue weighted by atomic mass is 28.4. The van der Waals surface area contributed by atoms with Crippen LogP contribution in [0.15, 0.2) is 0 Å². The van der Waals surface area contributed by atoms with Gasteiger partial charge in [0.25, 0.3) is 0 Å². The number of epoxide rings is 1. The van der Waals surface area contributed by atoms with E-state index in [1.807, 2.05) is 0 Å². The first-order valence-corrected chi connectivity index (χ1v) is 12.1. The van der Waals surface area contributed by atoms with Gasteiger partial charge in [-0.05, 0) is 36.9 Å². The van der Waals surface area contributed by atoms with Crippen LogP contribution in [-0.2, 0) is 18.7 Å². The molecule has 24 heavy (non-hydrogen) atoms. The van der Waals surface area contributed by atoms with Gasteiger partial charge in [0.15, 0.2) is 8.32 Å². The fourth-order valence-electron chi connectivity index (χ4n) is 4.33. The highest BCUT2D eigenvalue weighted by molar-refractivity contribution is 6.74. The van der Waals surface area contributed by atoms with E-state index in [-0.39, 0.29) is 33.7 Å². The van der Waals surface area contributed by atoms with Crippen molar-refractivity contribution in [3.63, 3.8) is 0 Å². The number of hydrogen-bond donors (Lipinski definition) is 0. The first-order valence-electron chi connectivity index (χ1n) is 9.17. The first kappa shape index (κ1) is 19.9. The number of ether oxygens (including phenoxy) is 2. The molecule has 0 unspecified atom stereocenters. The van der Waals surface area contributed by atoms with E-state index >= 15 is 0 Å². The minimum atomic E-state index is -1.79. The van der Waals surface area contributed by atoms with Crippen LogP contribution in [-0.4, -0.2) is 38.2 Å². The Morgan fingerprint density at radius 1 is 1.21 bits per heavy atom. The van der Waals surface area contributed by atoms with Crippen molar-refractivity contribution in [2.75, 3.05) is 6.61 Å².